The number of rotatable bonds is 10. The maximum absolute atomic E-state index is 12.3. The van der Waals surface area contributed by atoms with Crippen LogP contribution in [0.25, 0.3) is 0 Å². The first kappa shape index (κ1) is 24.4. The lowest BCUT2D eigenvalue weighted by molar-refractivity contribution is -0.146. The van der Waals surface area contributed by atoms with Crippen LogP contribution in [-0.4, -0.2) is 55.6 Å². The second-order valence-electron chi connectivity index (χ2n) is 6.62. The molecule has 7 nitrogen and oxygen atoms in total. The van der Waals surface area contributed by atoms with Crippen molar-refractivity contribution in [1.82, 2.24) is 4.90 Å². The fraction of sp³-hybridized carbons (Fsp3) is 0.429. The minimum atomic E-state index is -1.03. The van der Waals surface area contributed by atoms with Crippen LogP contribution in [0.1, 0.15) is 37.8 Å². The van der Waals surface area contributed by atoms with E-state index in [4.69, 9.17) is 16.3 Å². The highest BCUT2D eigenvalue weighted by Gasteiger charge is 2.32. The number of amidine groups is 1. The number of ether oxygens (including phenoxy) is 1. The third kappa shape index (κ3) is 7.69. The molecule has 0 bridgehead atoms. The van der Waals surface area contributed by atoms with E-state index in [9.17, 15) is 9.59 Å². The molecule has 1 amide bonds. The van der Waals surface area contributed by atoms with Crippen molar-refractivity contribution in [3.63, 3.8) is 0 Å². The fourth-order valence-electron chi connectivity index (χ4n) is 2.45. The Morgan fingerprint density at radius 3 is 2.62 bits per heavy atom. The van der Waals surface area contributed by atoms with Gasteiger partial charge in [0.25, 0.3) is 0 Å². The van der Waals surface area contributed by atoms with Crippen molar-refractivity contribution in [2.24, 2.45) is 10.1 Å². The molecule has 0 aromatic heterocycles. The Labute approximate surface area is 177 Å². The van der Waals surface area contributed by atoms with E-state index in [1.807, 2.05) is 31.2 Å². The van der Waals surface area contributed by atoms with Gasteiger partial charge < -0.3 is 9.57 Å². The van der Waals surface area contributed by atoms with Gasteiger partial charge in [0.05, 0.1) is 7.11 Å². The minimum absolute atomic E-state index is 0.349. The highest BCUT2D eigenvalue weighted by atomic mass is 35.5. The molecule has 0 spiro atoms. The number of hydrogen-bond acceptors (Lipinski definition) is 6. The third-order valence-corrected chi connectivity index (χ3v) is 4.76. The van der Waals surface area contributed by atoms with Crippen molar-refractivity contribution < 1.29 is 19.2 Å². The summed E-state index contributed by atoms with van der Waals surface area (Å²) in [7, 11) is 2.76. The predicted octanol–water partition coefficient (Wildman–Crippen LogP) is 3.77. The van der Waals surface area contributed by atoms with Crippen molar-refractivity contribution in [1.29, 1.82) is 0 Å². The summed E-state index contributed by atoms with van der Waals surface area (Å²) in [6, 6.07) is 5.59. The zero-order valence-electron chi connectivity index (χ0n) is 17.5. The number of carbonyl (C=O) groups excluding carboxylic acids is 2. The fourth-order valence-corrected chi connectivity index (χ4v) is 2.64. The van der Waals surface area contributed by atoms with Crippen molar-refractivity contribution >= 4 is 36.0 Å². The number of aryl methyl sites for hydroxylation is 1. The summed E-state index contributed by atoms with van der Waals surface area (Å²) in [5.41, 5.74) is 0.745. The summed E-state index contributed by atoms with van der Waals surface area (Å²) in [5.74, 6) is 0.0332. The Kier molecular flexibility index (Phi) is 10.1. The van der Waals surface area contributed by atoms with E-state index >= 15 is 0 Å². The molecule has 0 aliphatic heterocycles. The number of carbonyl (C=O) groups is 2. The molecule has 0 fully saturated rings. The first-order chi connectivity index (χ1) is 13.8. The summed E-state index contributed by atoms with van der Waals surface area (Å²) in [6.45, 7) is 5.67. The first-order valence-corrected chi connectivity index (χ1v) is 9.49. The molecule has 1 rings (SSSR count). The van der Waals surface area contributed by atoms with Crippen LogP contribution in [0.3, 0.4) is 0 Å². The standard InChI is InChI=1S/C21H28ClN3O4/c1-16-9-10-18(13-19(16)22)14-23-21(3,20(27)28-4)11-7-6-8-12-25(15-26)17(2)24-29-5/h6,8-10,13-15H,7,11-12H2,1-5H3/b8-6+,23-14?,24-17-. The zero-order valence-corrected chi connectivity index (χ0v) is 18.3. The topological polar surface area (TPSA) is 80.6 Å². The predicted molar refractivity (Wildman–Crippen MR) is 115 cm³/mol. The van der Waals surface area contributed by atoms with Gasteiger partial charge in [0.2, 0.25) is 6.41 Å². The lowest BCUT2D eigenvalue weighted by atomic mass is 9.96. The van der Waals surface area contributed by atoms with Gasteiger partial charge in [0.1, 0.15) is 12.9 Å². The van der Waals surface area contributed by atoms with Crippen molar-refractivity contribution in [2.75, 3.05) is 20.8 Å². The van der Waals surface area contributed by atoms with Gasteiger partial charge >= 0.3 is 5.97 Å². The van der Waals surface area contributed by atoms with Crippen molar-refractivity contribution in [2.45, 2.75) is 39.2 Å². The van der Waals surface area contributed by atoms with Crippen LogP contribution in [0.15, 0.2) is 40.5 Å². The second-order valence-corrected chi connectivity index (χ2v) is 7.03. The molecule has 8 heteroatoms. The Bertz CT molecular complexity index is 792. The van der Waals surface area contributed by atoms with Gasteiger partial charge in [0.15, 0.2) is 5.54 Å². The Hall–Kier alpha value is -2.67. The number of amides is 1. The number of esters is 1. The summed E-state index contributed by atoms with van der Waals surface area (Å²) < 4.78 is 4.93. The molecule has 0 heterocycles. The van der Waals surface area contributed by atoms with Gasteiger partial charge in [-0.2, -0.15) is 0 Å². The van der Waals surface area contributed by atoms with Crippen LogP contribution in [0.2, 0.25) is 5.02 Å². The van der Waals surface area contributed by atoms with E-state index in [1.54, 1.807) is 26.1 Å². The largest absolute Gasteiger partial charge is 0.467 e. The number of benzene rings is 1. The Morgan fingerprint density at radius 1 is 1.31 bits per heavy atom. The number of halogens is 1. The van der Waals surface area contributed by atoms with Gasteiger partial charge in [-0.3, -0.25) is 14.7 Å². The van der Waals surface area contributed by atoms with Crippen LogP contribution >= 0.6 is 11.6 Å². The van der Waals surface area contributed by atoms with E-state index in [-0.39, 0.29) is 0 Å². The van der Waals surface area contributed by atoms with Crippen molar-refractivity contribution in [3.8, 4) is 0 Å². The molecule has 0 saturated heterocycles. The smallest absolute Gasteiger partial charge is 0.333 e. The van der Waals surface area contributed by atoms with Gasteiger partial charge in [-0.1, -0.05) is 41.0 Å². The Balaban J connectivity index is 2.79. The quantitative estimate of drug-likeness (QED) is 0.144. The van der Waals surface area contributed by atoms with Crippen LogP contribution in [-0.2, 0) is 19.2 Å². The molecule has 0 aliphatic carbocycles. The molecule has 1 unspecified atom stereocenters. The van der Waals surface area contributed by atoms with E-state index < -0.39 is 11.5 Å². The molecule has 1 aromatic carbocycles. The number of allylic oxidation sites excluding steroid dienone is 1. The maximum Gasteiger partial charge on any atom is 0.333 e. The highest BCUT2D eigenvalue weighted by molar-refractivity contribution is 6.31. The van der Waals surface area contributed by atoms with E-state index in [1.165, 1.54) is 19.1 Å². The normalized spacial score (nSPS) is 14.1. The van der Waals surface area contributed by atoms with Crippen LogP contribution < -0.4 is 0 Å². The summed E-state index contributed by atoms with van der Waals surface area (Å²) in [5, 5.41) is 4.36. The van der Waals surface area contributed by atoms with Gasteiger partial charge in [-0.05, 0) is 50.8 Å². The third-order valence-electron chi connectivity index (χ3n) is 4.35. The van der Waals surface area contributed by atoms with Gasteiger partial charge in [-0.25, -0.2) is 4.79 Å². The molecular weight excluding hydrogens is 394 g/mol. The van der Waals surface area contributed by atoms with E-state index in [0.29, 0.717) is 36.7 Å². The summed E-state index contributed by atoms with van der Waals surface area (Å²) in [4.78, 5) is 33.9. The average molecular weight is 422 g/mol. The number of hydrogen-bond donors (Lipinski definition) is 0. The van der Waals surface area contributed by atoms with E-state index in [2.05, 4.69) is 15.0 Å². The molecule has 0 radical (unpaired) electrons. The maximum atomic E-state index is 12.3. The minimum Gasteiger partial charge on any atom is -0.467 e. The second kappa shape index (κ2) is 12.0. The molecule has 0 N–H and O–H groups in total. The van der Waals surface area contributed by atoms with Gasteiger partial charge in [-0.15, -0.1) is 0 Å². The van der Waals surface area contributed by atoms with Crippen LogP contribution in [0.5, 0.6) is 0 Å². The molecule has 1 aromatic rings. The van der Waals surface area contributed by atoms with Crippen LogP contribution in [0.4, 0.5) is 0 Å². The molecule has 1 atom stereocenters. The number of nitrogens with zero attached hydrogens (tertiary/aromatic N) is 3. The zero-order chi connectivity index (χ0) is 21.9. The molecule has 158 valence electrons. The number of aliphatic imine (C=N–C) groups is 1. The number of oxime groups is 1. The molecule has 29 heavy (non-hydrogen) atoms. The van der Waals surface area contributed by atoms with Crippen molar-refractivity contribution in [3.05, 3.63) is 46.5 Å². The molecular formula is C21H28ClN3O4. The monoisotopic (exact) mass is 421 g/mol. The Morgan fingerprint density at radius 2 is 2.03 bits per heavy atom. The lowest BCUT2D eigenvalue weighted by Gasteiger charge is -2.21. The van der Waals surface area contributed by atoms with E-state index in [0.717, 1.165) is 11.1 Å². The molecule has 0 aliphatic rings. The van der Waals surface area contributed by atoms with Crippen LogP contribution in [0, 0.1) is 6.92 Å². The first-order valence-electron chi connectivity index (χ1n) is 9.12. The lowest BCUT2D eigenvalue weighted by Crippen LogP contribution is -2.34. The SMILES string of the molecule is CO/N=C(/C)N(C=O)C/C=C/CCC(C)(N=Cc1ccc(C)c(Cl)c1)C(=O)OC. The van der Waals surface area contributed by atoms with Gasteiger partial charge in [0, 0.05) is 17.8 Å². The number of methoxy groups -OCH3 is 1. The average Bonchev–Trinajstić information content (AvgIpc) is 2.71. The highest BCUT2D eigenvalue weighted by Crippen LogP contribution is 2.21. The molecule has 0 saturated carbocycles. The summed E-state index contributed by atoms with van der Waals surface area (Å²) in [6.07, 6.45) is 7.03. The summed E-state index contributed by atoms with van der Waals surface area (Å²) >= 11 is 6.14.